The molecule has 0 radical (unpaired) electrons. The van der Waals surface area contributed by atoms with Crippen LogP contribution in [0.2, 0.25) is 0 Å². The Balaban J connectivity index is 2.13. The van der Waals surface area contributed by atoms with Gasteiger partial charge in [0.15, 0.2) is 0 Å². The highest BCUT2D eigenvalue weighted by molar-refractivity contribution is 5.49. The Morgan fingerprint density at radius 1 is 1.24 bits per heavy atom. The van der Waals surface area contributed by atoms with E-state index in [-0.39, 0.29) is 12.1 Å². The topological polar surface area (TPSA) is 60.2 Å². The van der Waals surface area contributed by atoms with E-state index in [1.807, 2.05) is 24.3 Å². The van der Waals surface area contributed by atoms with Crippen LogP contribution in [0.4, 0.5) is 14.6 Å². The van der Waals surface area contributed by atoms with Crippen molar-refractivity contribution in [3.05, 3.63) is 53.2 Å². The number of halogens is 2. The van der Waals surface area contributed by atoms with Gasteiger partial charge in [-0.3, -0.25) is 0 Å². The van der Waals surface area contributed by atoms with E-state index in [1.54, 1.807) is 7.11 Å². The molecule has 2 aromatic rings. The molecule has 2 rings (SSSR count). The highest BCUT2D eigenvalue weighted by Crippen LogP contribution is 2.26. The summed E-state index contributed by atoms with van der Waals surface area (Å²) in [5.41, 5.74) is 6.82. The van der Waals surface area contributed by atoms with Gasteiger partial charge >= 0.3 is 0 Å². The van der Waals surface area contributed by atoms with Gasteiger partial charge in [-0.15, -0.1) is 0 Å². The third-order valence-corrected chi connectivity index (χ3v) is 3.15. The van der Waals surface area contributed by atoms with Crippen molar-refractivity contribution in [3.63, 3.8) is 0 Å². The van der Waals surface area contributed by atoms with E-state index >= 15 is 0 Å². The van der Waals surface area contributed by atoms with Crippen LogP contribution in [-0.2, 0) is 13.1 Å². The largest absolute Gasteiger partial charge is 0.497 e. The lowest BCUT2D eigenvalue weighted by atomic mass is 10.1. The smallest absolute Gasteiger partial charge is 0.264 e. The van der Waals surface area contributed by atoms with Gasteiger partial charge in [-0.25, -0.2) is 13.8 Å². The Morgan fingerprint density at radius 2 is 1.95 bits per heavy atom. The zero-order valence-electron chi connectivity index (χ0n) is 11.6. The third kappa shape index (κ3) is 3.66. The van der Waals surface area contributed by atoms with Gasteiger partial charge in [0.25, 0.3) is 6.43 Å². The quantitative estimate of drug-likeness (QED) is 0.859. The molecule has 0 unspecified atom stereocenters. The number of nitrogens with zero attached hydrogens (tertiary/aromatic N) is 1. The average Bonchev–Trinajstić information content (AvgIpc) is 2.52. The van der Waals surface area contributed by atoms with Crippen LogP contribution >= 0.6 is 0 Å². The summed E-state index contributed by atoms with van der Waals surface area (Å²) in [5, 5.41) is 3.05. The summed E-state index contributed by atoms with van der Waals surface area (Å²) in [5.74, 6) is 1.16. The first-order chi connectivity index (χ1) is 10.2. The van der Waals surface area contributed by atoms with Gasteiger partial charge in [0, 0.05) is 30.4 Å². The standard InChI is InChI=1S/C15H17F2N3O/c1-21-11-4-2-10(3-5-11)9-20-15-13(8-18)12(14(16)17)6-7-19-15/h2-7,14H,8-9,18H2,1H3,(H,19,20). The van der Waals surface area contributed by atoms with Gasteiger partial charge in [0.1, 0.15) is 11.6 Å². The zero-order valence-corrected chi connectivity index (χ0v) is 11.6. The molecule has 0 saturated heterocycles. The van der Waals surface area contributed by atoms with E-state index in [0.29, 0.717) is 17.9 Å². The third-order valence-electron chi connectivity index (χ3n) is 3.15. The second kappa shape index (κ2) is 6.99. The number of nitrogens with one attached hydrogen (secondary N) is 1. The Morgan fingerprint density at radius 3 is 2.52 bits per heavy atom. The maximum Gasteiger partial charge on any atom is 0.264 e. The Hall–Kier alpha value is -2.21. The molecule has 0 bridgehead atoms. The van der Waals surface area contributed by atoms with Crippen molar-refractivity contribution in [2.24, 2.45) is 5.73 Å². The lowest BCUT2D eigenvalue weighted by Crippen LogP contribution is -2.10. The van der Waals surface area contributed by atoms with Crippen molar-refractivity contribution in [3.8, 4) is 5.75 Å². The van der Waals surface area contributed by atoms with Crippen LogP contribution in [-0.4, -0.2) is 12.1 Å². The van der Waals surface area contributed by atoms with E-state index < -0.39 is 6.43 Å². The van der Waals surface area contributed by atoms with Crippen molar-refractivity contribution < 1.29 is 13.5 Å². The molecule has 21 heavy (non-hydrogen) atoms. The first-order valence-electron chi connectivity index (χ1n) is 6.48. The van der Waals surface area contributed by atoms with Crippen LogP contribution in [0.3, 0.4) is 0 Å². The number of methoxy groups -OCH3 is 1. The molecular weight excluding hydrogens is 276 g/mol. The Bertz CT molecular complexity index is 588. The molecular formula is C15H17F2N3O. The van der Waals surface area contributed by atoms with Gasteiger partial charge in [-0.1, -0.05) is 12.1 Å². The molecule has 0 aliphatic heterocycles. The summed E-state index contributed by atoms with van der Waals surface area (Å²) in [7, 11) is 1.60. The zero-order chi connectivity index (χ0) is 15.2. The lowest BCUT2D eigenvalue weighted by Gasteiger charge is -2.13. The number of pyridine rings is 1. The number of hydrogen-bond donors (Lipinski definition) is 2. The van der Waals surface area contributed by atoms with Crippen LogP contribution in [0.5, 0.6) is 5.75 Å². The number of aromatic nitrogens is 1. The minimum atomic E-state index is -2.56. The number of anilines is 1. The SMILES string of the molecule is COc1ccc(CNc2nccc(C(F)F)c2CN)cc1. The summed E-state index contributed by atoms with van der Waals surface area (Å²) in [6, 6.07) is 8.76. The molecule has 0 aliphatic rings. The molecule has 1 heterocycles. The van der Waals surface area contributed by atoms with E-state index in [4.69, 9.17) is 10.5 Å². The fourth-order valence-corrected chi connectivity index (χ4v) is 2.01. The van der Waals surface area contributed by atoms with Gasteiger partial charge in [-0.05, 0) is 23.8 Å². The van der Waals surface area contributed by atoms with E-state index in [0.717, 1.165) is 11.3 Å². The number of hydrogen-bond acceptors (Lipinski definition) is 4. The Kier molecular flexibility index (Phi) is 5.05. The molecule has 0 atom stereocenters. The average molecular weight is 293 g/mol. The van der Waals surface area contributed by atoms with Crippen molar-refractivity contribution >= 4 is 5.82 Å². The number of alkyl halides is 2. The fraction of sp³-hybridized carbons (Fsp3) is 0.267. The van der Waals surface area contributed by atoms with Gasteiger partial charge < -0.3 is 15.8 Å². The van der Waals surface area contributed by atoms with Crippen LogP contribution in [0.15, 0.2) is 36.5 Å². The van der Waals surface area contributed by atoms with Crippen LogP contribution in [0.1, 0.15) is 23.1 Å². The molecule has 0 amide bonds. The predicted molar refractivity (Wildman–Crippen MR) is 77.4 cm³/mol. The molecule has 0 saturated carbocycles. The van der Waals surface area contributed by atoms with Crippen molar-refractivity contribution in [2.45, 2.75) is 19.5 Å². The number of rotatable bonds is 6. The molecule has 0 fully saturated rings. The summed E-state index contributed by atoms with van der Waals surface area (Å²) < 4.78 is 30.9. The van der Waals surface area contributed by atoms with Crippen molar-refractivity contribution in [1.29, 1.82) is 0 Å². The molecule has 1 aromatic heterocycles. The highest BCUT2D eigenvalue weighted by Gasteiger charge is 2.15. The molecule has 1 aromatic carbocycles. The van der Waals surface area contributed by atoms with Crippen LogP contribution in [0.25, 0.3) is 0 Å². The molecule has 112 valence electrons. The van der Waals surface area contributed by atoms with Crippen LogP contribution < -0.4 is 15.8 Å². The molecule has 0 spiro atoms. The maximum absolute atomic E-state index is 12.9. The molecule has 6 heteroatoms. The summed E-state index contributed by atoms with van der Waals surface area (Å²) in [6.45, 7) is 0.481. The first kappa shape index (κ1) is 15.2. The second-order valence-corrected chi connectivity index (χ2v) is 4.43. The fourth-order valence-electron chi connectivity index (χ4n) is 2.01. The van der Waals surface area contributed by atoms with E-state index in [2.05, 4.69) is 10.3 Å². The predicted octanol–water partition coefficient (Wildman–Crippen LogP) is 3.10. The monoisotopic (exact) mass is 293 g/mol. The maximum atomic E-state index is 12.9. The number of benzene rings is 1. The first-order valence-corrected chi connectivity index (χ1v) is 6.48. The number of ether oxygens (including phenoxy) is 1. The molecule has 0 aliphatic carbocycles. The second-order valence-electron chi connectivity index (χ2n) is 4.43. The van der Waals surface area contributed by atoms with E-state index in [1.165, 1.54) is 12.3 Å². The van der Waals surface area contributed by atoms with Gasteiger partial charge in [-0.2, -0.15) is 0 Å². The normalized spacial score (nSPS) is 10.7. The number of nitrogens with two attached hydrogens (primary N) is 1. The van der Waals surface area contributed by atoms with Crippen molar-refractivity contribution in [2.75, 3.05) is 12.4 Å². The Labute approximate surface area is 122 Å². The molecule has 4 nitrogen and oxygen atoms in total. The lowest BCUT2D eigenvalue weighted by molar-refractivity contribution is 0.150. The van der Waals surface area contributed by atoms with Crippen LogP contribution in [0, 0.1) is 0 Å². The van der Waals surface area contributed by atoms with E-state index in [9.17, 15) is 8.78 Å². The van der Waals surface area contributed by atoms with Gasteiger partial charge in [0.2, 0.25) is 0 Å². The minimum Gasteiger partial charge on any atom is -0.497 e. The van der Waals surface area contributed by atoms with Gasteiger partial charge in [0.05, 0.1) is 7.11 Å². The summed E-state index contributed by atoms with van der Waals surface area (Å²) >= 11 is 0. The summed E-state index contributed by atoms with van der Waals surface area (Å²) in [4.78, 5) is 4.09. The minimum absolute atomic E-state index is 0.0124. The van der Waals surface area contributed by atoms with Crippen molar-refractivity contribution in [1.82, 2.24) is 4.98 Å². The highest BCUT2D eigenvalue weighted by atomic mass is 19.3. The summed E-state index contributed by atoms with van der Waals surface area (Å²) in [6.07, 6.45) is -1.20. The molecule has 3 N–H and O–H groups in total.